The summed E-state index contributed by atoms with van der Waals surface area (Å²) < 4.78 is 9.95. The van der Waals surface area contributed by atoms with Crippen LogP contribution in [0.2, 0.25) is 0 Å². The van der Waals surface area contributed by atoms with Crippen molar-refractivity contribution >= 4 is 0 Å². The third-order valence-electron chi connectivity index (χ3n) is 1.83. The van der Waals surface area contributed by atoms with Crippen LogP contribution in [0.5, 0.6) is 0 Å². The van der Waals surface area contributed by atoms with Gasteiger partial charge in [0, 0.05) is 0 Å². The molecule has 1 aliphatic heterocycles. The van der Waals surface area contributed by atoms with E-state index in [2.05, 4.69) is 6.58 Å². The van der Waals surface area contributed by atoms with E-state index in [1.807, 2.05) is 0 Å². The second kappa shape index (κ2) is 4.69. The lowest BCUT2D eigenvalue weighted by Crippen LogP contribution is -2.53. The van der Waals surface area contributed by atoms with Crippen LogP contribution in [-0.4, -0.2) is 53.1 Å². The zero-order valence-corrected chi connectivity index (χ0v) is 7.17. The highest BCUT2D eigenvalue weighted by atomic mass is 16.7. The number of aliphatic hydroxyl groups is 3. The van der Waals surface area contributed by atoms with Gasteiger partial charge in [-0.1, -0.05) is 6.08 Å². The zero-order chi connectivity index (χ0) is 9.84. The highest BCUT2D eigenvalue weighted by Gasteiger charge is 2.37. The van der Waals surface area contributed by atoms with E-state index in [0.29, 0.717) is 0 Å². The largest absolute Gasteiger partial charge is 0.388 e. The minimum Gasteiger partial charge on any atom is -0.388 e. The van der Waals surface area contributed by atoms with Gasteiger partial charge in [-0.2, -0.15) is 0 Å². The summed E-state index contributed by atoms with van der Waals surface area (Å²) in [5.74, 6) is 0. The lowest BCUT2D eigenvalue weighted by molar-refractivity contribution is -0.266. The van der Waals surface area contributed by atoms with Crippen molar-refractivity contribution in [3.63, 3.8) is 0 Å². The van der Waals surface area contributed by atoms with E-state index in [1.54, 1.807) is 0 Å². The molecule has 0 aromatic heterocycles. The maximum Gasteiger partial charge on any atom is 0.186 e. The second-order valence-electron chi connectivity index (χ2n) is 2.87. The Hall–Kier alpha value is -0.460. The van der Waals surface area contributed by atoms with E-state index >= 15 is 0 Å². The van der Waals surface area contributed by atoms with Crippen molar-refractivity contribution in [3.05, 3.63) is 12.7 Å². The maximum atomic E-state index is 9.34. The van der Waals surface area contributed by atoms with Gasteiger partial charge in [0.15, 0.2) is 6.29 Å². The fraction of sp³-hybridized carbons (Fsp3) is 0.750. The number of rotatable bonds is 3. The summed E-state index contributed by atoms with van der Waals surface area (Å²) >= 11 is 0. The van der Waals surface area contributed by atoms with Gasteiger partial charge in [0.2, 0.25) is 0 Å². The van der Waals surface area contributed by atoms with Gasteiger partial charge in [-0.05, 0) is 0 Å². The normalized spacial score (nSPS) is 40.2. The van der Waals surface area contributed by atoms with Gasteiger partial charge in [0.25, 0.3) is 0 Å². The van der Waals surface area contributed by atoms with Gasteiger partial charge >= 0.3 is 0 Å². The van der Waals surface area contributed by atoms with Crippen LogP contribution in [0.4, 0.5) is 0 Å². The first kappa shape index (κ1) is 10.6. The van der Waals surface area contributed by atoms with Crippen LogP contribution >= 0.6 is 0 Å². The van der Waals surface area contributed by atoms with Gasteiger partial charge in [-0.3, -0.25) is 0 Å². The van der Waals surface area contributed by atoms with E-state index in [9.17, 15) is 10.2 Å². The lowest BCUT2D eigenvalue weighted by Gasteiger charge is -2.34. The Bertz CT molecular complexity index is 172. The summed E-state index contributed by atoms with van der Waals surface area (Å²) in [6.07, 6.45) is -2.88. The molecular weight excluding hydrogens is 176 g/mol. The van der Waals surface area contributed by atoms with Crippen LogP contribution in [0, 0.1) is 0 Å². The smallest absolute Gasteiger partial charge is 0.186 e. The fourth-order valence-corrected chi connectivity index (χ4v) is 1.09. The van der Waals surface area contributed by atoms with Gasteiger partial charge in [-0.25, -0.2) is 0 Å². The van der Waals surface area contributed by atoms with Crippen LogP contribution < -0.4 is 0 Å². The molecule has 0 radical (unpaired) electrons. The molecule has 1 fully saturated rings. The second-order valence-corrected chi connectivity index (χ2v) is 2.87. The summed E-state index contributed by atoms with van der Waals surface area (Å²) in [7, 11) is 0. The molecule has 76 valence electrons. The summed E-state index contributed by atoms with van der Waals surface area (Å²) in [4.78, 5) is 0. The van der Waals surface area contributed by atoms with E-state index in [1.165, 1.54) is 6.08 Å². The molecule has 1 saturated heterocycles. The molecule has 0 aromatic rings. The topological polar surface area (TPSA) is 79.2 Å². The number of aliphatic hydroxyl groups excluding tert-OH is 3. The Morgan fingerprint density at radius 1 is 1.38 bits per heavy atom. The van der Waals surface area contributed by atoms with Crippen LogP contribution in [0.3, 0.4) is 0 Å². The molecular formula is C8H14O5. The Kier molecular flexibility index (Phi) is 3.83. The summed E-state index contributed by atoms with van der Waals surface area (Å²) in [6, 6.07) is 0. The molecule has 0 aliphatic carbocycles. The minimum atomic E-state index is -1.22. The minimum absolute atomic E-state index is 0.0416. The first-order chi connectivity index (χ1) is 6.16. The van der Waals surface area contributed by atoms with Gasteiger partial charge < -0.3 is 24.8 Å². The summed E-state index contributed by atoms with van der Waals surface area (Å²) in [6.45, 7) is 3.62. The van der Waals surface area contributed by atoms with Crippen molar-refractivity contribution in [1.29, 1.82) is 0 Å². The molecule has 3 N–H and O–H groups in total. The molecule has 0 bridgehead atoms. The van der Waals surface area contributed by atoms with Crippen LogP contribution in [0.15, 0.2) is 12.7 Å². The molecule has 0 aromatic carbocycles. The fourth-order valence-electron chi connectivity index (χ4n) is 1.09. The van der Waals surface area contributed by atoms with E-state index in [-0.39, 0.29) is 13.2 Å². The zero-order valence-electron chi connectivity index (χ0n) is 7.17. The first-order valence-corrected chi connectivity index (χ1v) is 4.05. The standard InChI is InChI=1S/C8H14O5/c1-2-3-12-8-7(11)6(10)5(9)4-13-8/h2,5-11H,1,3-4H2/t5-,6+,7+,8+/m1/s1. The molecule has 4 atom stereocenters. The molecule has 13 heavy (non-hydrogen) atoms. The average molecular weight is 190 g/mol. The van der Waals surface area contributed by atoms with Crippen molar-refractivity contribution in [2.24, 2.45) is 0 Å². The Morgan fingerprint density at radius 2 is 2.08 bits per heavy atom. The van der Waals surface area contributed by atoms with E-state index in [0.717, 1.165) is 0 Å². The Labute approximate surface area is 76.2 Å². The average Bonchev–Trinajstić information content (AvgIpc) is 2.13. The van der Waals surface area contributed by atoms with Crippen molar-refractivity contribution in [2.75, 3.05) is 13.2 Å². The predicted octanol–water partition coefficient (Wildman–Crippen LogP) is -1.37. The van der Waals surface area contributed by atoms with Crippen LogP contribution in [-0.2, 0) is 9.47 Å². The molecule has 0 amide bonds. The molecule has 1 aliphatic rings. The van der Waals surface area contributed by atoms with Crippen molar-refractivity contribution in [1.82, 2.24) is 0 Å². The summed E-state index contributed by atoms with van der Waals surface area (Å²) in [5, 5.41) is 27.7. The molecule has 5 nitrogen and oxygen atoms in total. The monoisotopic (exact) mass is 190 g/mol. The first-order valence-electron chi connectivity index (χ1n) is 4.05. The molecule has 1 rings (SSSR count). The SMILES string of the molecule is C=CCO[C@H]1OC[C@@H](O)[C@H](O)[C@@H]1O. The third-order valence-corrected chi connectivity index (χ3v) is 1.83. The Balaban J connectivity index is 2.43. The van der Waals surface area contributed by atoms with Crippen molar-refractivity contribution in [2.45, 2.75) is 24.6 Å². The molecule has 5 heteroatoms. The molecule has 0 unspecified atom stereocenters. The van der Waals surface area contributed by atoms with Crippen LogP contribution in [0.1, 0.15) is 0 Å². The van der Waals surface area contributed by atoms with E-state index < -0.39 is 24.6 Å². The number of hydrogen-bond acceptors (Lipinski definition) is 5. The van der Waals surface area contributed by atoms with Gasteiger partial charge in [0.05, 0.1) is 13.2 Å². The van der Waals surface area contributed by atoms with E-state index in [4.69, 9.17) is 14.6 Å². The quantitative estimate of drug-likeness (QED) is 0.478. The highest BCUT2D eigenvalue weighted by Crippen LogP contribution is 2.16. The Morgan fingerprint density at radius 3 is 2.69 bits per heavy atom. The molecule has 0 saturated carbocycles. The van der Waals surface area contributed by atoms with Crippen LogP contribution in [0.25, 0.3) is 0 Å². The predicted molar refractivity (Wildman–Crippen MR) is 43.9 cm³/mol. The third kappa shape index (κ3) is 2.49. The molecule has 0 spiro atoms. The van der Waals surface area contributed by atoms with Gasteiger partial charge in [-0.15, -0.1) is 6.58 Å². The van der Waals surface area contributed by atoms with Gasteiger partial charge in [0.1, 0.15) is 18.3 Å². The highest BCUT2D eigenvalue weighted by molar-refractivity contribution is 4.83. The maximum absolute atomic E-state index is 9.34. The number of hydrogen-bond donors (Lipinski definition) is 3. The summed E-state index contributed by atoms with van der Waals surface area (Å²) in [5.41, 5.74) is 0. The lowest BCUT2D eigenvalue weighted by atomic mass is 10.1. The number of ether oxygens (including phenoxy) is 2. The molecule has 1 heterocycles. The van der Waals surface area contributed by atoms with Crippen molar-refractivity contribution in [3.8, 4) is 0 Å². The van der Waals surface area contributed by atoms with Crippen molar-refractivity contribution < 1.29 is 24.8 Å².